The predicted octanol–water partition coefficient (Wildman–Crippen LogP) is 4.07. The topological polar surface area (TPSA) is 24.4 Å². The molecule has 2 rings (SSSR count). The zero-order chi connectivity index (χ0) is 12.5. The van der Waals surface area contributed by atoms with Crippen molar-refractivity contribution < 1.29 is 0 Å². The smallest absolute Gasteiger partial charge is 0.161 e. The third-order valence-electron chi connectivity index (χ3n) is 2.81. The number of hydrogen-bond acceptors (Lipinski definition) is 3. The number of benzene rings is 1. The summed E-state index contributed by atoms with van der Waals surface area (Å²) in [6.07, 6.45) is 1.14. The molecule has 3 heteroatoms. The fourth-order valence-electron chi connectivity index (χ4n) is 2.10. The van der Waals surface area contributed by atoms with Crippen molar-refractivity contribution >= 4 is 22.6 Å². The standard InChI is InChI=1S/C14H20N2S/c1-10-5-7-12(8-6-10)15-13-16-14(3,4)9-11(2)17-13/h5-8,11H,9H2,1-4H3,(H,15,16)/t11-/m0/s1. The molecule has 1 aliphatic rings. The van der Waals surface area contributed by atoms with Gasteiger partial charge in [-0.15, -0.1) is 0 Å². The summed E-state index contributed by atoms with van der Waals surface area (Å²) in [6.45, 7) is 8.75. The number of aryl methyl sites for hydroxylation is 1. The Bertz CT molecular complexity index is 420. The second-order valence-corrected chi connectivity index (χ2v) is 6.78. The van der Waals surface area contributed by atoms with Crippen molar-refractivity contribution in [1.29, 1.82) is 0 Å². The summed E-state index contributed by atoms with van der Waals surface area (Å²) >= 11 is 1.83. The third kappa shape index (κ3) is 3.50. The molecule has 1 N–H and O–H groups in total. The van der Waals surface area contributed by atoms with Gasteiger partial charge in [-0.2, -0.15) is 0 Å². The number of nitrogens with zero attached hydrogens (tertiary/aromatic N) is 1. The minimum Gasteiger partial charge on any atom is -0.335 e. The summed E-state index contributed by atoms with van der Waals surface area (Å²) in [5.41, 5.74) is 2.45. The van der Waals surface area contributed by atoms with E-state index in [0.29, 0.717) is 5.25 Å². The number of aliphatic imine (C=N–C) groups is 1. The van der Waals surface area contributed by atoms with Gasteiger partial charge < -0.3 is 5.32 Å². The monoisotopic (exact) mass is 248 g/mol. The van der Waals surface area contributed by atoms with Crippen LogP contribution in [0, 0.1) is 6.92 Å². The summed E-state index contributed by atoms with van der Waals surface area (Å²) in [5, 5.41) is 5.07. The number of amidine groups is 1. The molecule has 0 aromatic heterocycles. The lowest BCUT2D eigenvalue weighted by atomic mass is 10.00. The van der Waals surface area contributed by atoms with Crippen molar-refractivity contribution in [1.82, 2.24) is 0 Å². The van der Waals surface area contributed by atoms with Gasteiger partial charge in [0.05, 0.1) is 5.54 Å². The van der Waals surface area contributed by atoms with E-state index in [1.165, 1.54) is 5.56 Å². The maximum absolute atomic E-state index is 4.75. The first-order valence-corrected chi connectivity index (χ1v) is 6.93. The molecular weight excluding hydrogens is 228 g/mol. The van der Waals surface area contributed by atoms with E-state index in [1.807, 2.05) is 11.8 Å². The van der Waals surface area contributed by atoms with Crippen LogP contribution in [0.15, 0.2) is 29.3 Å². The molecule has 1 heterocycles. The molecule has 1 aromatic carbocycles. The Hall–Kier alpha value is -0.960. The van der Waals surface area contributed by atoms with Crippen LogP contribution in [-0.2, 0) is 0 Å². The molecule has 0 radical (unpaired) electrons. The van der Waals surface area contributed by atoms with Gasteiger partial charge >= 0.3 is 0 Å². The van der Waals surface area contributed by atoms with Crippen LogP contribution in [0.4, 0.5) is 5.69 Å². The molecule has 17 heavy (non-hydrogen) atoms. The Kier molecular flexibility index (Phi) is 3.48. The molecule has 0 bridgehead atoms. The van der Waals surface area contributed by atoms with E-state index in [-0.39, 0.29) is 5.54 Å². The number of thioether (sulfide) groups is 1. The van der Waals surface area contributed by atoms with Gasteiger partial charge in [0, 0.05) is 10.9 Å². The fraction of sp³-hybridized carbons (Fsp3) is 0.500. The Morgan fingerprint density at radius 1 is 1.29 bits per heavy atom. The molecule has 0 saturated heterocycles. The van der Waals surface area contributed by atoms with Crippen LogP contribution in [0.25, 0.3) is 0 Å². The molecule has 0 spiro atoms. The zero-order valence-electron chi connectivity index (χ0n) is 10.9. The number of rotatable bonds is 1. The molecular formula is C14H20N2S. The molecule has 2 nitrogen and oxygen atoms in total. The van der Waals surface area contributed by atoms with Crippen LogP contribution < -0.4 is 5.32 Å². The quantitative estimate of drug-likeness (QED) is 0.810. The van der Waals surface area contributed by atoms with Gasteiger partial charge in [-0.05, 0) is 39.3 Å². The van der Waals surface area contributed by atoms with E-state index >= 15 is 0 Å². The first-order valence-electron chi connectivity index (χ1n) is 6.05. The van der Waals surface area contributed by atoms with Crippen LogP contribution in [0.2, 0.25) is 0 Å². The molecule has 0 aliphatic carbocycles. The van der Waals surface area contributed by atoms with Crippen molar-refractivity contribution in [2.24, 2.45) is 4.99 Å². The molecule has 1 aromatic rings. The van der Waals surface area contributed by atoms with E-state index in [9.17, 15) is 0 Å². The largest absolute Gasteiger partial charge is 0.335 e. The van der Waals surface area contributed by atoms with Gasteiger partial charge in [0.25, 0.3) is 0 Å². The van der Waals surface area contributed by atoms with Crippen molar-refractivity contribution in [3.05, 3.63) is 29.8 Å². The predicted molar refractivity (Wildman–Crippen MR) is 78.0 cm³/mol. The lowest BCUT2D eigenvalue weighted by Gasteiger charge is -2.30. The van der Waals surface area contributed by atoms with E-state index in [4.69, 9.17) is 4.99 Å². The highest BCUT2D eigenvalue weighted by Crippen LogP contribution is 2.32. The van der Waals surface area contributed by atoms with Gasteiger partial charge in [0.15, 0.2) is 5.17 Å². The normalized spacial score (nSPS) is 23.1. The second kappa shape index (κ2) is 4.73. The lowest BCUT2D eigenvalue weighted by molar-refractivity contribution is 0.477. The maximum atomic E-state index is 4.75. The highest BCUT2D eigenvalue weighted by atomic mass is 32.2. The first kappa shape index (κ1) is 12.5. The van der Waals surface area contributed by atoms with Gasteiger partial charge in [-0.25, -0.2) is 0 Å². The Morgan fingerprint density at radius 3 is 2.53 bits per heavy atom. The van der Waals surface area contributed by atoms with Gasteiger partial charge in [0.1, 0.15) is 0 Å². The lowest BCUT2D eigenvalue weighted by Crippen LogP contribution is -2.31. The SMILES string of the molecule is Cc1ccc(NC2=NC(C)(C)C[C@H](C)S2)cc1. The summed E-state index contributed by atoms with van der Waals surface area (Å²) in [4.78, 5) is 4.75. The fourth-order valence-corrected chi connectivity index (χ4v) is 3.45. The molecule has 1 aliphatic heterocycles. The number of nitrogens with one attached hydrogen (secondary N) is 1. The summed E-state index contributed by atoms with van der Waals surface area (Å²) in [6, 6.07) is 8.44. The molecule has 0 fully saturated rings. The minimum absolute atomic E-state index is 0.0533. The first-order chi connectivity index (χ1) is 7.94. The summed E-state index contributed by atoms with van der Waals surface area (Å²) < 4.78 is 0. The highest BCUT2D eigenvalue weighted by Gasteiger charge is 2.27. The zero-order valence-corrected chi connectivity index (χ0v) is 11.8. The number of anilines is 1. The molecule has 1 atom stereocenters. The summed E-state index contributed by atoms with van der Waals surface area (Å²) in [7, 11) is 0. The van der Waals surface area contributed by atoms with Crippen LogP contribution in [0.1, 0.15) is 32.8 Å². The average molecular weight is 248 g/mol. The Balaban J connectivity index is 2.13. The molecule has 92 valence electrons. The second-order valence-electron chi connectivity index (χ2n) is 5.35. The van der Waals surface area contributed by atoms with Crippen molar-refractivity contribution in [3.8, 4) is 0 Å². The Labute approximate surface area is 108 Å². The van der Waals surface area contributed by atoms with Crippen LogP contribution in [-0.4, -0.2) is 16.0 Å². The Morgan fingerprint density at radius 2 is 1.94 bits per heavy atom. The summed E-state index contributed by atoms with van der Waals surface area (Å²) in [5.74, 6) is 0. The third-order valence-corrected chi connectivity index (χ3v) is 3.79. The van der Waals surface area contributed by atoms with Gasteiger partial charge in [0.2, 0.25) is 0 Å². The van der Waals surface area contributed by atoms with Crippen LogP contribution >= 0.6 is 11.8 Å². The van der Waals surface area contributed by atoms with E-state index < -0.39 is 0 Å². The average Bonchev–Trinajstić information content (AvgIpc) is 2.18. The minimum atomic E-state index is 0.0533. The van der Waals surface area contributed by atoms with E-state index in [1.54, 1.807) is 0 Å². The van der Waals surface area contributed by atoms with Crippen molar-refractivity contribution in [2.45, 2.75) is 44.9 Å². The van der Waals surface area contributed by atoms with Gasteiger partial charge in [-0.3, -0.25) is 4.99 Å². The molecule has 0 amide bonds. The van der Waals surface area contributed by atoms with Crippen molar-refractivity contribution in [3.63, 3.8) is 0 Å². The van der Waals surface area contributed by atoms with E-state index in [2.05, 4.69) is 57.3 Å². The molecule has 0 unspecified atom stereocenters. The van der Waals surface area contributed by atoms with E-state index in [0.717, 1.165) is 17.3 Å². The van der Waals surface area contributed by atoms with Crippen LogP contribution in [0.3, 0.4) is 0 Å². The molecule has 0 saturated carbocycles. The maximum Gasteiger partial charge on any atom is 0.161 e. The van der Waals surface area contributed by atoms with Crippen LogP contribution in [0.5, 0.6) is 0 Å². The highest BCUT2D eigenvalue weighted by molar-refractivity contribution is 8.14. The number of hydrogen-bond donors (Lipinski definition) is 1. The van der Waals surface area contributed by atoms with Gasteiger partial charge in [-0.1, -0.05) is 36.4 Å². The van der Waals surface area contributed by atoms with Crippen molar-refractivity contribution in [2.75, 3.05) is 5.32 Å².